The lowest BCUT2D eigenvalue weighted by atomic mass is 10.1. The molecule has 0 radical (unpaired) electrons. The summed E-state index contributed by atoms with van der Waals surface area (Å²) in [6.07, 6.45) is 3.85. The Kier molecular flexibility index (Phi) is 3.31. The van der Waals surface area contributed by atoms with E-state index in [4.69, 9.17) is 11.6 Å². The predicted octanol–water partition coefficient (Wildman–Crippen LogP) is 3.71. The van der Waals surface area contributed by atoms with E-state index in [0.29, 0.717) is 10.7 Å². The van der Waals surface area contributed by atoms with Crippen molar-refractivity contribution in [1.82, 2.24) is 10.3 Å². The minimum atomic E-state index is -0.153. The Morgan fingerprint density at radius 1 is 1.29 bits per heavy atom. The number of hydrogen-bond acceptors (Lipinski definition) is 2. The van der Waals surface area contributed by atoms with E-state index in [1.54, 1.807) is 7.05 Å². The fourth-order valence-electron chi connectivity index (χ4n) is 2.32. The van der Waals surface area contributed by atoms with Crippen molar-refractivity contribution >= 4 is 35.1 Å². The Morgan fingerprint density at radius 3 is 2.67 bits per heavy atom. The van der Waals surface area contributed by atoms with Gasteiger partial charge in [-0.2, -0.15) is 0 Å². The van der Waals surface area contributed by atoms with E-state index in [1.165, 1.54) is 0 Å². The topological polar surface area (TPSA) is 48.1 Å². The van der Waals surface area contributed by atoms with E-state index < -0.39 is 0 Å². The lowest BCUT2D eigenvalue weighted by molar-refractivity contribution is 0.0959. The Balaban J connectivity index is 2.08. The maximum absolute atomic E-state index is 11.8. The average Bonchev–Trinajstić information content (AvgIpc) is 2.91. The van der Waals surface area contributed by atoms with Crippen LogP contribution in [0.4, 0.5) is 11.5 Å². The Bertz CT molecular complexity index is 743. The standard InChI is InChI=1S/C16H14ClN3O/c1-10-3-4-11-9-14(16(21)18-2)19-15(11)20(10)13-7-5-12(17)6-8-13/h3-9,19H,1H2,2H3,(H,18,21). The molecule has 1 aliphatic rings. The van der Waals surface area contributed by atoms with Crippen molar-refractivity contribution in [1.29, 1.82) is 0 Å². The van der Waals surface area contributed by atoms with Crippen LogP contribution in [-0.2, 0) is 0 Å². The van der Waals surface area contributed by atoms with Gasteiger partial charge in [0.1, 0.15) is 11.5 Å². The molecule has 4 nitrogen and oxygen atoms in total. The number of aromatic nitrogens is 1. The Hall–Kier alpha value is -2.46. The van der Waals surface area contributed by atoms with E-state index in [9.17, 15) is 4.79 Å². The summed E-state index contributed by atoms with van der Waals surface area (Å²) in [6.45, 7) is 4.05. The second kappa shape index (κ2) is 5.14. The lowest BCUT2D eigenvalue weighted by Crippen LogP contribution is -2.19. The molecule has 0 unspecified atom stereocenters. The van der Waals surface area contributed by atoms with Crippen molar-refractivity contribution in [3.8, 4) is 0 Å². The molecular weight excluding hydrogens is 286 g/mol. The molecule has 1 aromatic heterocycles. The molecule has 0 saturated heterocycles. The summed E-state index contributed by atoms with van der Waals surface area (Å²) in [4.78, 5) is 16.9. The molecule has 2 N–H and O–H groups in total. The number of anilines is 2. The number of rotatable bonds is 2. The number of carbonyl (C=O) groups is 1. The van der Waals surface area contributed by atoms with Crippen molar-refractivity contribution in [3.63, 3.8) is 0 Å². The van der Waals surface area contributed by atoms with Crippen LogP contribution in [0.5, 0.6) is 0 Å². The summed E-state index contributed by atoms with van der Waals surface area (Å²) in [5.41, 5.74) is 3.20. The van der Waals surface area contributed by atoms with Crippen LogP contribution in [0.25, 0.3) is 6.08 Å². The second-order valence-corrected chi connectivity index (χ2v) is 5.14. The van der Waals surface area contributed by atoms with Crippen molar-refractivity contribution in [2.24, 2.45) is 0 Å². The van der Waals surface area contributed by atoms with Gasteiger partial charge in [0, 0.05) is 29.0 Å². The minimum Gasteiger partial charge on any atom is -0.354 e. The highest BCUT2D eigenvalue weighted by Gasteiger charge is 2.22. The van der Waals surface area contributed by atoms with Gasteiger partial charge in [-0.25, -0.2) is 0 Å². The van der Waals surface area contributed by atoms with Gasteiger partial charge in [-0.15, -0.1) is 0 Å². The highest BCUT2D eigenvalue weighted by molar-refractivity contribution is 6.30. The van der Waals surface area contributed by atoms with Crippen LogP contribution in [0.3, 0.4) is 0 Å². The molecule has 0 atom stereocenters. The van der Waals surface area contributed by atoms with Gasteiger partial charge in [0.2, 0.25) is 0 Å². The smallest absolute Gasteiger partial charge is 0.267 e. The summed E-state index contributed by atoms with van der Waals surface area (Å²) >= 11 is 5.94. The van der Waals surface area contributed by atoms with Crippen LogP contribution in [0, 0.1) is 0 Å². The highest BCUT2D eigenvalue weighted by atomic mass is 35.5. The number of fused-ring (bicyclic) bond motifs is 1. The molecule has 1 aromatic carbocycles. The fraction of sp³-hybridized carbons (Fsp3) is 0.0625. The highest BCUT2D eigenvalue weighted by Crippen LogP contribution is 2.36. The van der Waals surface area contributed by atoms with Crippen LogP contribution in [-0.4, -0.2) is 17.9 Å². The third-order valence-electron chi connectivity index (χ3n) is 3.35. The van der Waals surface area contributed by atoms with Gasteiger partial charge in [0.25, 0.3) is 5.91 Å². The van der Waals surface area contributed by atoms with Gasteiger partial charge >= 0.3 is 0 Å². The van der Waals surface area contributed by atoms with Crippen molar-refractivity contribution < 1.29 is 4.79 Å². The molecule has 1 amide bonds. The molecule has 21 heavy (non-hydrogen) atoms. The first-order valence-corrected chi connectivity index (χ1v) is 6.85. The number of aromatic amines is 1. The van der Waals surface area contributed by atoms with Gasteiger partial charge < -0.3 is 10.3 Å². The Labute approximate surface area is 127 Å². The second-order valence-electron chi connectivity index (χ2n) is 4.70. The van der Waals surface area contributed by atoms with Gasteiger partial charge in [-0.3, -0.25) is 9.69 Å². The number of nitrogens with zero attached hydrogens (tertiary/aromatic N) is 1. The number of carbonyl (C=O) groups excluding carboxylic acids is 1. The summed E-state index contributed by atoms with van der Waals surface area (Å²) in [7, 11) is 1.61. The van der Waals surface area contributed by atoms with Crippen molar-refractivity contribution in [3.05, 3.63) is 65.0 Å². The molecule has 0 spiro atoms. The van der Waals surface area contributed by atoms with Crippen LogP contribution >= 0.6 is 11.6 Å². The monoisotopic (exact) mass is 299 g/mol. The van der Waals surface area contributed by atoms with Crippen molar-refractivity contribution in [2.75, 3.05) is 11.9 Å². The molecule has 1 aliphatic heterocycles. The number of nitrogens with one attached hydrogen (secondary N) is 2. The Morgan fingerprint density at radius 2 is 2.00 bits per heavy atom. The molecule has 2 heterocycles. The van der Waals surface area contributed by atoms with Gasteiger partial charge in [-0.05, 0) is 42.5 Å². The number of halogens is 1. The van der Waals surface area contributed by atoms with Gasteiger partial charge in [0.15, 0.2) is 0 Å². The molecular formula is C16H14ClN3O. The quantitative estimate of drug-likeness (QED) is 0.888. The zero-order chi connectivity index (χ0) is 15.0. The SMILES string of the molecule is C=C1C=Cc2cc(C(=O)NC)[nH]c2N1c1ccc(Cl)cc1. The number of hydrogen-bond donors (Lipinski definition) is 2. The van der Waals surface area contributed by atoms with E-state index in [-0.39, 0.29) is 5.91 Å². The molecule has 106 valence electrons. The number of benzene rings is 1. The number of amides is 1. The number of allylic oxidation sites excluding steroid dienone is 1. The largest absolute Gasteiger partial charge is 0.354 e. The van der Waals surface area contributed by atoms with E-state index >= 15 is 0 Å². The maximum atomic E-state index is 11.8. The summed E-state index contributed by atoms with van der Waals surface area (Å²) in [6, 6.07) is 9.29. The molecule has 5 heteroatoms. The molecule has 0 saturated carbocycles. The molecule has 0 fully saturated rings. The van der Waals surface area contributed by atoms with Crippen molar-refractivity contribution in [2.45, 2.75) is 0 Å². The van der Waals surface area contributed by atoms with E-state index in [1.807, 2.05) is 47.4 Å². The molecule has 3 rings (SSSR count). The van der Waals surface area contributed by atoms with Gasteiger partial charge in [0.05, 0.1) is 0 Å². The van der Waals surface area contributed by atoms with Crippen LogP contribution in [0.15, 0.2) is 48.7 Å². The first-order chi connectivity index (χ1) is 10.1. The van der Waals surface area contributed by atoms with Crippen LogP contribution < -0.4 is 10.2 Å². The zero-order valence-corrected chi connectivity index (χ0v) is 12.2. The first kappa shape index (κ1) is 13.5. The maximum Gasteiger partial charge on any atom is 0.267 e. The number of H-pyrrole nitrogens is 1. The van der Waals surface area contributed by atoms with E-state index in [2.05, 4.69) is 16.9 Å². The zero-order valence-electron chi connectivity index (χ0n) is 11.5. The summed E-state index contributed by atoms with van der Waals surface area (Å²) in [5.74, 6) is 0.669. The molecule has 0 aliphatic carbocycles. The predicted molar refractivity (Wildman–Crippen MR) is 85.9 cm³/mol. The van der Waals surface area contributed by atoms with Gasteiger partial charge in [-0.1, -0.05) is 18.2 Å². The normalized spacial score (nSPS) is 13.2. The average molecular weight is 300 g/mol. The van der Waals surface area contributed by atoms with Crippen LogP contribution in [0.1, 0.15) is 16.1 Å². The minimum absolute atomic E-state index is 0.153. The lowest BCUT2D eigenvalue weighted by Gasteiger charge is -2.27. The third kappa shape index (κ3) is 2.34. The summed E-state index contributed by atoms with van der Waals surface area (Å²) in [5, 5.41) is 3.29. The molecule has 2 aromatic rings. The van der Waals surface area contributed by atoms with Crippen LogP contribution in [0.2, 0.25) is 5.02 Å². The fourth-order valence-corrected chi connectivity index (χ4v) is 2.44. The third-order valence-corrected chi connectivity index (χ3v) is 3.60. The molecule has 0 bridgehead atoms. The first-order valence-electron chi connectivity index (χ1n) is 6.48. The van der Waals surface area contributed by atoms with E-state index in [0.717, 1.165) is 22.8 Å². The summed E-state index contributed by atoms with van der Waals surface area (Å²) < 4.78 is 0.